The van der Waals surface area contributed by atoms with E-state index in [0.29, 0.717) is 0 Å². The van der Waals surface area contributed by atoms with Gasteiger partial charge in [0.05, 0.1) is 13.2 Å². The summed E-state index contributed by atoms with van der Waals surface area (Å²) in [5, 5.41) is 90.3. The van der Waals surface area contributed by atoms with Crippen LogP contribution in [0.1, 0.15) is 0 Å². The van der Waals surface area contributed by atoms with Gasteiger partial charge in [-0.3, -0.25) is 4.79 Å². The summed E-state index contributed by atoms with van der Waals surface area (Å²) in [6.07, 6.45) is -14.1. The van der Waals surface area contributed by atoms with Gasteiger partial charge in [-0.25, -0.2) is 0 Å². The molecule has 2 fully saturated rings. The Bertz CT molecular complexity index is 1460. The van der Waals surface area contributed by atoms with Crippen LogP contribution in [-0.2, 0) is 14.2 Å². The Morgan fingerprint density at radius 2 is 1.51 bits per heavy atom. The maximum atomic E-state index is 12.7. The topological polar surface area (TPSA) is 249 Å². The van der Waals surface area contributed by atoms with Gasteiger partial charge < -0.3 is 69.3 Å². The predicted molar refractivity (Wildman–Crippen MR) is 134 cm³/mol. The number of phenols is 3. The van der Waals surface area contributed by atoms with Gasteiger partial charge in [-0.1, -0.05) is 0 Å². The summed E-state index contributed by atoms with van der Waals surface area (Å²) in [7, 11) is 0. The third-order valence-electron chi connectivity index (χ3n) is 6.84. The first-order valence-electron chi connectivity index (χ1n) is 12.4. The molecule has 2 aliphatic rings. The molecule has 0 radical (unpaired) electrons. The number of aliphatic hydroxyl groups is 6. The summed E-state index contributed by atoms with van der Waals surface area (Å²) >= 11 is 0. The lowest BCUT2D eigenvalue weighted by molar-refractivity contribution is -0.307. The molecule has 15 heteroatoms. The van der Waals surface area contributed by atoms with Gasteiger partial charge in [0, 0.05) is 23.8 Å². The van der Waals surface area contributed by atoms with Crippen LogP contribution in [0.3, 0.4) is 0 Å². The number of ether oxygens (including phenoxy) is 4. The minimum Gasteiger partial charge on any atom is -0.507 e. The van der Waals surface area contributed by atoms with Crippen LogP contribution in [0.15, 0.2) is 45.6 Å². The lowest BCUT2D eigenvalue weighted by atomic mass is 9.99. The molecular weight excluding hydrogens is 552 g/mol. The van der Waals surface area contributed by atoms with Crippen molar-refractivity contribution in [1.82, 2.24) is 0 Å². The summed E-state index contributed by atoms with van der Waals surface area (Å²) in [6.45, 7) is -0.836. The van der Waals surface area contributed by atoms with E-state index in [1.54, 1.807) is 0 Å². The highest BCUT2D eigenvalue weighted by atomic mass is 16.7. The molecule has 15 nitrogen and oxygen atoms in total. The molecule has 2 aliphatic heterocycles. The Balaban J connectivity index is 1.36. The van der Waals surface area contributed by atoms with Gasteiger partial charge in [-0.15, -0.1) is 0 Å². The lowest BCUT2D eigenvalue weighted by Gasteiger charge is -2.41. The minimum atomic E-state index is -1.79. The third kappa shape index (κ3) is 5.67. The van der Waals surface area contributed by atoms with E-state index in [2.05, 4.69) is 0 Å². The van der Waals surface area contributed by atoms with E-state index in [1.807, 2.05) is 0 Å². The number of fused-ring (bicyclic) bond motifs is 1. The molecule has 2 saturated heterocycles. The van der Waals surface area contributed by atoms with Gasteiger partial charge in [0.15, 0.2) is 23.2 Å². The van der Waals surface area contributed by atoms with Crippen LogP contribution in [-0.4, -0.2) is 114 Å². The van der Waals surface area contributed by atoms with E-state index in [4.69, 9.17) is 23.4 Å². The van der Waals surface area contributed by atoms with Gasteiger partial charge in [0.25, 0.3) is 0 Å². The molecule has 0 spiro atoms. The number of rotatable bonds is 6. The SMILES string of the molecule is O=c1cc(-c2ccc(O)c(O)c2)oc2cc(O[C@H]3O[C@H](CO[C@H]4OC[C@@H](O)[C@@H](O)[C@@H]4O)[C@@H](O)[C@H](O)[C@H]3O)cc(O)c12. The van der Waals surface area contributed by atoms with Gasteiger partial charge in [-0.05, 0) is 18.2 Å². The predicted octanol–water partition coefficient (Wildman–Crippen LogP) is -1.78. The van der Waals surface area contributed by atoms with Crippen LogP contribution in [0.2, 0.25) is 0 Å². The smallest absolute Gasteiger partial charge is 0.229 e. The molecule has 5 rings (SSSR count). The molecule has 2 aromatic carbocycles. The first-order chi connectivity index (χ1) is 19.4. The van der Waals surface area contributed by atoms with Crippen molar-refractivity contribution in [2.75, 3.05) is 13.2 Å². The zero-order valence-electron chi connectivity index (χ0n) is 21.0. The highest BCUT2D eigenvalue weighted by molar-refractivity contribution is 5.86. The number of hydrogen-bond donors (Lipinski definition) is 9. The zero-order valence-corrected chi connectivity index (χ0v) is 21.0. The third-order valence-corrected chi connectivity index (χ3v) is 6.84. The Kier molecular flexibility index (Phi) is 8.06. The molecule has 9 N–H and O–H groups in total. The molecule has 0 aliphatic carbocycles. The minimum absolute atomic E-state index is 0.0104. The van der Waals surface area contributed by atoms with Crippen molar-refractivity contribution < 1.29 is 69.3 Å². The highest BCUT2D eigenvalue weighted by Gasteiger charge is 2.46. The van der Waals surface area contributed by atoms with Crippen molar-refractivity contribution >= 4 is 11.0 Å². The van der Waals surface area contributed by atoms with E-state index in [1.165, 1.54) is 24.3 Å². The number of benzene rings is 2. The summed E-state index contributed by atoms with van der Waals surface area (Å²) in [5.41, 5.74) is -0.539. The molecular formula is C26H28O15. The molecule has 9 atom stereocenters. The van der Waals surface area contributed by atoms with Gasteiger partial charge >= 0.3 is 0 Å². The van der Waals surface area contributed by atoms with Crippen molar-refractivity contribution in [3.8, 4) is 34.3 Å². The molecule has 0 unspecified atom stereocenters. The fraction of sp³-hybridized carbons (Fsp3) is 0.423. The van der Waals surface area contributed by atoms with Crippen LogP contribution >= 0.6 is 0 Å². The van der Waals surface area contributed by atoms with E-state index >= 15 is 0 Å². The molecule has 3 aromatic rings. The normalized spacial score (nSPS) is 32.2. The number of hydrogen-bond acceptors (Lipinski definition) is 15. The van der Waals surface area contributed by atoms with Gasteiger partial charge in [0.2, 0.25) is 6.29 Å². The van der Waals surface area contributed by atoms with Gasteiger partial charge in [0.1, 0.15) is 71.0 Å². The Labute approximate surface area is 230 Å². The van der Waals surface area contributed by atoms with Crippen LogP contribution < -0.4 is 10.2 Å². The molecule has 0 saturated carbocycles. The largest absolute Gasteiger partial charge is 0.507 e. The first-order valence-corrected chi connectivity index (χ1v) is 12.4. The quantitative estimate of drug-likeness (QED) is 0.146. The van der Waals surface area contributed by atoms with Crippen LogP contribution in [0.5, 0.6) is 23.0 Å². The van der Waals surface area contributed by atoms with Gasteiger partial charge in [-0.2, -0.15) is 0 Å². The molecule has 0 bridgehead atoms. The average molecular weight is 580 g/mol. The second-order valence-electron chi connectivity index (χ2n) is 9.71. The molecule has 3 heterocycles. The Hall–Kier alpha value is -3.51. The van der Waals surface area contributed by atoms with Crippen molar-refractivity contribution in [3.05, 3.63) is 46.6 Å². The number of aliphatic hydroxyl groups excluding tert-OH is 6. The summed E-state index contributed by atoms with van der Waals surface area (Å²) in [5.74, 6) is -1.55. The Morgan fingerprint density at radius 1 is 0.780 bits per heavy atom. The molecule has 1 aromatic heterocycles. The molecule has 0 amide bonds. The van der Waals surface area contributed by atoms with Crippen LogP contribution in [0.25, 0.3) is 22.3 Å². The van der Waals surface area contributed by atoms with Crippen molar-refractivity contribution in [1.29, 1.82) is 0 Å². The van der Waals surface area contributed by atoms with E-state index in [-0.39, 0.29) is 40.4 Å². The van der Waals surface area contributed by atoms with Crippen molar-refractivity contribution in [3.63, 3.8) is 0 Å². The van der Waals surface area contributed by atoms with Crippen LogP contribution in [0.4, 0.5) is 0 Å². The first kappa shape index (κ1) is 29.0. The maximum Gasteiger partial charge on any atom is 0.229 e. The second-order valence-corrected chi connectivity index (χ2v) is 9.71. The fourth-order valence-electron chi connectivity index (χ4n) is 4.53. The number of phenolic OH excluding ortho intramolecular Hbond substituents is 3. The summed E-state index contributed by atoms with van der Waals surface area (Å²) in [6, 6.07) is 7.08. The van der Waals surface area contributed by atoms with Crippen molar-refractivity contribution in [2.24, 2.45) is 0 Å². The van der Waals surface area contributed by atoms with Crippen molar-refractivity contribution in [2.45, 2.75) is 55.3 Å². The van der Waals surface area contributed by atoms with E-state index in [0.717, 1.165) is 12.1 Å². The fourth-order valence-corrected chi connectivity index (χ4v) is 4.53. The summed E-state index contributed by atoms with van der Waals surface area (Å²) < 4.78 is 27.4. The van der Waals surface area contributed by atoms with E-state index in [9.17, 15) is 50.8 Å². The second kappa shape index (κ2) is 11.4. The van der Waals surface area contributed by atoms with Crippen LogP contribution in [0, 0.1) is 0 Å². The highest BCUT2D eigenvalue weighted by Crippen LogP contribution is 2.35. The van der Waals surface area contributed by atoms with E-state index < -0.39 is 78.8 Å². The lowest BCUT2D eigenvalue weighted by Crippen LogP contribution is -2.61. The number of aromatic hydroxyl groups is 3. The Morgan fingerprint density at radius 3 is 2.24 bits per heavy atom. The monoisotopic (exact) mass is 580 g/mol. The maximum absolute atomic E-state index is 12.7. The summed E-state index contributed by atoms with van der Waals surface area (Å²) in [4.78, 5) is 12.7. The molecule has 41 heavy (non-hydrogen) atoms. The molecule has 222 valence electrons. The zero-order chi connectivity index (χ0) is 29.6. The standard InChI is InChI=1S/C26H28O15/c27-11-2-1-9(3-12(11)28)16-6-14(30)19-13(29)4-10(5-17(19)40-16)39-26-24(36)22(34)21(33)18(41-26)8-38-25-23(35)20(32)15(31)7-37-25/h1-6,15,18,20-29,31-36H,7-8H2/t15-,18-,20-,21-,22+,23+,24-,25-,26+/m1/s1. The average Bonchev–Trinajstić information content (AvgIpc) is 2.93.